The Labute approximate surface area is 231 Å². The Kier molecular flexibility index (Phi) is 7.79. The van der Waals surface area contributed by atoms with Gasteiger partial charge in [-0.15, -0.1) is 18.3 Å². The van der Waals surface area contributed by atoms with Crippen molar-refractivity contribution < 1.29 is 27.4 Å². The molecule has 10 nitrogen and oxygen atoms in total. The molecule has 1 aliphatic rings. The van der Waals surface area contributed by atoms with Gasteiger partial charge in [0.05, 0.1) is 18.2 Å². The van der Waals surface area contributed by atoms with Crippen molar-refractivity contribution in [3.63, 3.8) is 0 Å². The van der Waals surface area contributed by atoms with E-state index in [1.807, 2.05) is 4.90 Å². The van der Waals surface area contributed by atoms with Gasteiger partial charge in [-0.1, -0.05) is 18.2 Å². The molecule has 41 heavy (non-hydrogen) atoms. The molecule has 1 atom stereocenters. The van der Waals surface area contributed by atoms with Crippen LogP contribution in [-0.4, -0.2) is 57.8 Å². The van der Waals surface area contributed by atoms with Crippen LogP contribution in [0.4, 0.5) is 24.7 Å². The first-order valence-corrected chi connectivity index (χ1v) is 12.8. The molecular weight excluding hydrogens is 543 g/mol. The lowest BCUT2D eigenvalue weighted by Crippen LogP contribution is -2.39. The van der Waals surface area contributed by atoms with Gasteiger partial charge in [0, 0.05) is 24.7 Å². The minimum absolute atomic E-state index is 0.203. The van der Waals surface area contributed by atoms with Gasteiger partial charge in [0.15, 0.2) is 5.82 Å². The molecule has 1 fully saturated rings. The smallest absolute Gasteiger partial charge is 0.468 e. The summed E-state index contributed by atoms with van der Waals surface area (Å²) < 4.78 is 49.1. The van der Waals surface area contributed by atoms with Gasteiger partial charge in [0.25, 0.3) is 11.1 Å². The van der Waals surface area contributed by atoms with Gasteiger partial charge in [0.2, 0.25) is 0 Å². The van der Waals surface area contributed by atoms with Gasteiger partial charge < -0.3 is 19.4 Å². The number of esters is 1. The van der Waals surface area contributed by atoms with Gasteiger partial charge in [-0.3, -0.25) is 19.3 Å². The molecule has 0 spiro atoms. The monoisotopic (exact) mass is 569 g/mol. The predicted octanol–water partition coefficient (Wildman–Crippen LogP) is 3.83. The van der Waals surface area contributed by atoms with E-state index in [9.17, 15) is 27.6 Å². The van der Waals surface area contributed by atoms with Crippen LogP contribution in [-0.2, 0) is 16.1 Å². The highest BCUT2D eigenvalue weighted by atomic mass is 19.4. The number of nitrogens with one attached hydrogen (secondary N) is 1. The van der Waals surface area contributed by atoms with Crippen LogP contribution in [0.3, 0.4) is 0 Å². The Bertz CT molecular complexity index is 1680. The zero-order valence-corrected chi connectivity index (χ0v) is 21.9. The molecule has 0 radical (unpaired) electrons. The summed E-state index contributed by atoms with van der Waals surface area (Å²) in [6.07, 6.45) is -1.64. The molecule has 0 unspecified atom stereocenters. The third-order valence-corrected chi connectivity index (χ3v) is 6.86. The van der Waals surface area contributed by atoms with Crippen molar-refractivity contribution in [2.45, 2.75) is 31.8 Å². The van der Waals surface area contributed by atoms with E-state index >= 15 is 0 Å². The maximum Gasteiger partial charge on any atom is 0.573 e. The molecular formula is C28H26F3N5O5. The van der Waals surface area contributed by atoms with Crippen LogP contribution in [0.1, 0.15) is 12.8 Å². The maximum atomic E-state index is 13.3. The lowest BCUT2D eigenvalue weighted by Gasteiger charge is -2.22. The molecule has 2 aromatic heterocycles. The van der Waals surface area contributed by atoms with E-state index in [-0.39, 0.29) is 34.8 Å². The van der Waals surface area contributed by atoms with Gasteiger partial charge in [-0.25, -0.2) is 0 Å². The number of halogens is 3. The van der Waals surface area contributed by atoms with E-state index in [4.69, 9.17) is 4.74 Å². The summed E-state index contributed by atoms with van der Waals surface area (Å²) in [5.74, 6) is -0.526. The fraction of sp³-hybridized carbons (Fsp3) is 0.286. The van der Waals surface area contributed by atoms with Gasteiger partial charge in [-0.05, 0) is 61.9 Å². The summed E-state index contributed by atoms with van der Waals surface area (Å²) in [5.41, 5.74) is -0.421. The molecule has 1 saturated heterocycles. The second-order valence-electron chi connectivity index (χ2n) is 9.42. The highest BCUT2D eigenvalue weighted by Gasteiger charge is 2.32. The van der Waals surface area contributed by atoms with Crippen molar-refractivity contribution in [2.24, 2.45) is 0 Å². The van der Waals surface area contributed by atoms with Crippen molar-refractivity contribution in [1.29, 1.82) is 0 Å². The number of alkyl halides is 3. The van der Waals surface area contributed by atoms with E-state index < -0.39 is 17.7 Å². The summed E-state index contributed by atoms with van der Waals surface area (Å²) in [6, 6.07) is 14.4. The van der Waals surface area contributed by atoms with Crippen LogP contribution in [0, 0.1) is 0 Å². The minimum atomic E-state index is -4.85. The number of benzene rings is 2. The van der Waals surface area contributed by atoms with Crippen LogP contribution in [0.25, 0.3) is 16.5 Å². The van der Waals surface area contributed by atoms with E-state index in [0.717, 1.165) is 29.8 Å². The fourth-order valence-electron chi connectivity index (χ4n) is 4.91. The number of anilines is 2. The fourth-order valence-corrected chi connectivity index (χ4v) is 4.91. The van der Waals surface area contributed by atoms with Crippen molar-refractivity contribution in [2.75, 3.05) is 25.5 Å². The number of hydrogen-bond donors (Lipinski definition) is 1. The van der Waals surface area contributed by atoms with Crippen molar-refractivity contribution >= 4 is 28.2 Å². The SMILES string of the molecule is COC(=O)[C@H]1CCCN1CCn1cccc(Nc2nn(-c3ccc(OC(F)(F)F)cc3)c(=O)c3ccccc23)c1=O. The number of ether oxygens (including phenoxy) is 2. The molecule has 2 aromatic carbocycles. The van der Waals surface area contributed by atoms with Crippen molar-refractivity contribution in [3.8, 4) is 11.4 Å². The van der Waals surface area contributed by atoms with E-state index in [1.54, 1.807) is 42.6 Å². The molecule has 1 aliphatic heterocycles. The molecule has 3 heterocycles. The summed E-state index contributed by atoms with van der Waals surface area (Å²) in [7, 11) is 1.36. The van der Waals surface area contributed by atoms with E-state index in [2.05, 4.69) is 15.2 Å². The molecule has 0 bridgehead atoms. The second-order valence-corrected chi connectivity index (χ2v) is 9.42. The normalized spacial score (nSPS) is 15.7. The van der Waals surface area contributed by atoms with Gasteiger partial charge >= 0.3 is 12.3 Å². The molecule has 13 heteroatoms. The number of aromatic nitrogens is 3. The summed E-state index contributed by atoms with van der Waals surface area (Å²) in [4.78, 5) is 40.6. The third kappa shape index (κ3) is 6.09. The first-order chi connectivity index (χ1) is 19.6. The summed E-state index contributed by atoms with van der Waals surface area (Å²) >= 11 is 0. The topological polar surface area (TPSA) is 108 Å². The zero-order chi connectivity index (χ0) is 29.1. The largest absolute Gasteiger partial charge is 0.573 e. The number of methoxy groups -OCH3 is 1. The Morgan fingerprint density at radius 2 is 1.73 bits per heavy atom. The lowest BCUT2D eigenvalue weighted by molar-refractivity contribution is -0.274. The van der Waals surface area contributed by atoms with E-state index in [0.29, 0.717) is 30.3 Å². The van der Waals surface area contributed by atoms with Gasteiger partial charge in [-0.2, -0.15) is 4.68 Å². The Hall–Kier alpha value is -4.65. The predicted molar refractivity (Wildman–Crippen MR) is 145 cm³/mol. The van der Waals surface area contributed by atoms with Gasteiger partial charge in [0.1, 0.15) is 17.5 Å². The second kappa shape index (κ2) is 11.5. The Morgan fingerprint density at radius 3 is 2.44 bits per heavy atom. The lowest BCUT2D eigenvalue weighted by atomic mass is 10.2. The number of likely N-dealkylation sites (tertiary alicyclic amines) is 1. The number of hydrogen-bond acceptors (Lipinski definition) is 8. The van der Waals surface area contributed by atoms with Crippen LogP contribution in [0.15, 0.2) is 76.4 Å². The number of fused-ring (bicyclic) bond motifs is 1. The number of carbonyl (C=O) groups is 1. The van der Waals surface area contributed by atoms with Crippen molar-refractivity contribution in [3.05, 3.63) is 87.6 Å². The van der Waals surface area contributed by atoms with Crippen molar-refractivity contribution in [1.82, 2.24) is 19.2 Å². The highest BCUT2D eigenvalue weighted by molar-refractivity contribution is 5.92. The Morgan fingerprint density at radius 1 is 1.00 bits per heavy atom. The third-order valence-electron chi connectivity index (χ3n) is 6.86. The molecule has 214 valence electrons. The number of nitrogens with zero attached hydrogens (tertiary/aromatic N) is 4. The maximum absolute atomic E-state index is 13.3. The average molecular weight is 570 g/mol. The molecule has 0 aliphatic carbocycles. The van der Waals surface area contributed by atoms with Crippen LogP contribution in [0.5, 0.6) is 5.75 Å². The minimum Gasteiger partial charge on any atom is -0.468 e. The zero-order valence-electron chi connectivity index (χ0n) is 21.9. The molecule has 5 rings (SSSR count). The van der Waals surface area contributed by atoms with E-state index in [1.165, 1.54) is 23.8 Å². The summed E-state index contributed by atoms with van der Waals surface area (Å²) in [6.45, 7) is 1.54. The summed E-state index contributed by atoms with van der Waals surface area (Å²) in [5, 5.41) is 8.19. The first kappa shape index (κ1) is 27.9. The molecule has 1 N–H and O–H groups in total. The number of rotatable bonds is 8. The highest BCUT2D eigenvalue weighted by Crippen LogP contribution is 2.25. The van der Waals surface area contributed by atoms with Crippen LogP contribution in [0.2, 0.25) is 0 Å². The first-order valence-electron chi connectivity index (χ1n) is 12.8. The van der Waals surface area contributed by atoms with Crippen LogP contribution >= 0.6 is 0 Å². The molecule has 0 amide bonds. The standard InChI is InChI=1S/C28H26F3N5O5/c1-40-27(39)23-9-5-14-34(23)16-17-35-15-4-8-22(26(35)38)32-24-20-6-2-3-7-21(20)25(37)36(33-24)18-10-12-19(13-11-18)41-28(29,30)31/h2-4,6-8,10-13,15,23H,5,9,14,16-17H2,1H3,(H,32,33)/t23-/m1/s1. The number of pyridine rings is 1. The molecule has 0 saturated carbocycles. The van der Waals surface area contributed by atoms with Crippen LogP contribution < -0.4 is 21.2 Å². The molecule has 4 aromatic rings. The number of carbonyl (C=O) groups excluding carboxylic acids is 1. The quantitative estimate of drug-likeness (QED) is 0.319. The average Bonchev–Trinajstić information content (AvgIpc) is 3.43. The Balaban J connectivity index is 1.44.